The lowest BCUT2D eigenvalue weighted by Crippen LogP contribution is -1.96. The van der Waals surface area contributed by atoms with Gasteiger partial charge < -0.3 is 9.26 Å². The minimum absolute atomic E-state index is 0.0942. The van der Waals surface area contributed by atoms with Crippen LogP contribution in [0, 0.1) is 17.0 Å². The molecule has 0 aliphatic rings. The molecule has 2 aromatic carbocycles. The monoisotopic (exact) mass is 404 g/mol. The van der Waals surface area contributed by atoms with Gasteiger partial charge in [-0.05, 0) is 42.8 Å². The molecule has 0 aliphatic heterocycles. The van der Waals surface area contributed by atoms with Crippen LogP contribution < -0.4 is 4.74 Å². The molecule has 6 nitrogen and oxygen atoms in total. The number of benzene rings is 2. The second-order valence-corrected chi connectivity index (χ2v) is 6.51. The zero-order chi connectivity index (χ0) is 19.4. The number of rotatable bonds is 6. The predicted molar refractivity (Wildman–Crippen MR) is 104 cm³/mol. The second-order valence-electron chi connectivity index (χ2n) is 5.67. The first kappa shape index (κ1) is 18.9. The van der Waals surface area contributed by atoms with Crippen molar-refractivity contribution in [1.29, 1.82) is 0 Å². The molecule has 3 aromatic rings. The Kier molecular flexibility index (Phi) is 5.78. The lowest BCUT2D eigenvalue weighted by molar-refractivity contribution is -0.386. The number of nitrogens with zero attached hydrogens (tertiary/aromatic N) is 2. The molecule has 0 unspecified atom stereocenters. The van der Waals surface area contributed by atoms with Crippen LogP contribution in [0.4, 0.5) is 5.69 Å². The van der Waals surface area contributed by atoms with Crippen molar-refractivity contribution >= 4 is 41.0 Å². The van der Waals surface area contributed by atoms with Crippen molar-refractivity contribution in [2.75, 3.05) is 0 Å². The molecule has 1 heterocycles. The van der Waals surface area contributed by atoms with Crippen LogP contribution in [0.2, 0.25) is 10.0 Å². The average molecular weight is 405 g/mol. The predicted octanol–water partition coefficient (Wildman–Crippen LogP) is 5.95. The molecule has 0 fully saturated rings. The fourth-order valence-electron chi connectivity index (χ4n) is 2.39. The highest BCUT2D eigenvalue weighted by Gasteiger charge is 2.21. The molecule has 0 saturated heterocycles. The summed E-state index contributed by atoms with van der Waals surface area (Å²) in [6.45, 7) is 1.81. The molecule has 0 atom stereocenters. The largest absolute Gasteiger partial charge is 0.489 e. The van der Waals surface area contributed by atoms with Gasteiger partial charge >= 0.3 is 5.69 Å². The molecule has 0 spiro atoms. The summed E-state index contributed by atoms with van der Waals surface area (Å²) in [5, 5.41) is 15.8. The van der Waals surface area contributed by atoms with Crippen molar-refractivity contribution in [3.8, 4) is 5.75 Å². The maximum Gasteiger partial charge on any atom is 0.338 e. The van der Waals surface area contributed by atoms with E-state index in [-0.39, 0.29) is 23.7 Å². The Balaban J connectivity index is 1.73. The number of hydrogen-bond acceptors (Lipinski definition) is 5. The van der Waals surface area contributed by atoms with Gasteiger partial charge in [0.05, 0.1) is 4.92 Å². The lowest BCUT2D eigenvalue weighted by atomic mass is 10.2. The van der Waals surface area contributed by atoms with Gasteiger partial charge in [0.2, 0.25) is 5.76 Å². The van der Waals surface area contributed by atoms with Crippen molar-refractivity contribution in [1.82, 2.24) is 5.16 Å². The van der Waals surface area contributed by atoms with Crippen molar-refractivity contribution in [3.63, 3.8) is 0 Å². The summed E-state index contributed by atoms with van der Waals surface area (Å²) in [5.74, 6) is 0.725. The van der Waals surface area contributed by atoms with Crippen molar-refractivity contribution in [2.45, 2.75) is 13.5 Å². The Bertz CT molecular complexity index is 1010. The van der Waals surface area contributed by atoms with E-state index in [2.05, 4.69) is 5.16 Å². The van der Waals surface area contributed by atoms with Gasteiger partial charge in [-0.15, -0.1) is 0 Å². The Morgan fingerprint density at radius 1 is 1.22 bits per heavy atom. The summed E-state index contributed by atoms with van der Waals surface area (Å²) in [6.07, 6.45) is 3.20. The van der Waals surface area contributed by atoms with Crippen LogP contribution in [0.25, 0.3) is 12.2 Å². The molecule has 0 aliphatic carbocycles. The van der Waals surface area contributed by atoms with E-state index in [9.17, 15) is 10.1 Å². The average Bonchev–Trinajstić information content (AvgIpc) is 3.00. The summed E-state index contributed by atoms with van der Waals surface area (Å²) < 4.78 is 10.8. The third-order valence-electron chi connectivity index (χ3n) is 3.73. The zero-order valence-electron chi connectivity index (χ0n) is 14.2. The lowest BCUT2D eigenvalue weighted by Gasteiger charge is -2.08. The number of aromatic nitrogens is 1. The van der Waals surface area contributed by atoms with Crippen LogP contribution in [0.3, 0.4) is 0 Å². The highest BCUT2D eigenvalue weighted by Crippen LogP contribution is 2.26. The Hall–Kier alpha value is -2.83. The van der Waals surface area contributed by atoms with Gasteiger partial charge in [0.1, 0.15) is 12.4 Å². The summed E-state index contributed by atoms with van der Waals surface area (Å²) in [7, 11) is 0. The van der Waals surface area contributed by atoms with E-state index in [0.29, 0.717) is 15.8 Å². The first-order valence-electron chi connectivity index (χ1n) is 7.89. The van der Waals surface area contributed by atoms with E-state index in [0.717, 1.165) is 11.1 Å². The molecule has 8 heteroatoms. The molecule has 27 heavy (non-hydrogen) atoms. The van der Waals surface area contributed by atoms with Crippen molar-refractivity contribution in [3.05, 3.63) is 85.2 Å². The van der Waals surface area contributed by atoms with Crippen LogP contribution in [-0.2, 0) is 6.61 Å². The van der Waals surface area contributed by atoms with Gasteiger partial charge in [-0.3, -0.25) is 10.1 Å². The van der Waals surface area contributed by atoms with E-state index in [4.69, 9.17) is 32.5 Å². The molecule has 138 valence electrons. The van der Waals surface area contributed by atoms with E-state index >= 15 is 0 Å². The number of hydrogen-bond donors (Lipinski definition) is 0. The van der Waals surface area contributed by atoms with Gasteiger partial charge in [-0.25, -0.2) is 0 Å². The highest BCUT2D eigenvalue weighted by molar-refractivity contribution is 6.35. The van der Waals surface area contributed by atoms with Crippen LogP contribution in [0.1, 0.15) is 22.6 Å². The SMILES string of the molecule is Cc1noc(/C=C\c2cccc(OCc3ccc(Cl)cc3Cl)c2)c1[N+](=O)[O-]. The molecular weight excluding hydrogens is 391 g/mol. The van der Waals surface area contributed by atoms with E-state index < -0.39 is 4.92 Å². The van der Waals surface area contributed by atoms with E-state index in [1.165, 1.54) is 13.0 Å². The second kappa shape index (κ2) is 8.24. The quantitative estimate of drug-likeness (QED) is 0.374. The summed E-state index contributed by atoms with van der Waals surface area (Å²) in [4.78, 5) is 10.6. The first-order chi connectivity index (χ1) is 12.9. The highest BCUT2D eigenvalue weighted by atomic mass is 35.5. The zero-order valence-corrected chi connectivity index (χ0v) is 15.7. The van der Waals surface area contributed by atoms with Gasteiger partial charge in [0.25, 0.3) is 0 Å². The molecule has 0 radical (unpaired) electrons. The summed E-state index contributed by atoms with van der Waals surface area (Å²) >= 11 is 12.0. The van der Waals surface area contributed by atoms with Gasteiger partial charge in [-0.2, -0.15) is 0 Å². The Labute approximate surface area is 165 Å². The summed E-state index contributed by atoms with van der Waals surface area (Å²) in [5.41, 5.74) is 1.69. The number of nitro groups is 1. The normalized spacial score (nSPS) is 11.1. The number of ether oxygens (including phenoxy) is 1. The van der Waals surface area contributed by atoms with Crippen LogP contribution in [0.15, 0.2) is 47.0 Å². The molecule has 0 N–H and O–H groups in total. The standard InChI is InChI=1S/C19H14Cl2N2O4/c1-12-19(23(24)25)18(27-22-12)8-5-13-3-2-4-16(9-13)26-11-14-6-7-15(20)10-17(14)21/h2-10H,11H2,1H3/b8-5-. The van der Waals surface area contributed by atoms with Crippen LogP contribution in [-0.4, -0.2) is 10.1 Å². The fraction of sp³-hybridized carbons (Fsp3) is 0.105. The van der Waals surface area contributed by atoms with Crippen molar-refractivity contribution < 1.29 is 14.2 Å². The van der Waals surface area contributed by atoms with Crippen molar-refractivity contribution in [2.24, 2.45) is 0 Å². The first-order valence-corrected chi connectivity index (χ1v) is 8.65. The Morgan fingerprint density at radius 3 is 2.78 bits per heavy atom. The number of halogens is 2. The fourth-order valence-corrected chi connectivity index (χ4v) is 2.86. The van der Waals surface area contributed by atoms with Crippen LogP contribution >= 0.6 is 23.2 Å². The minimum Gasteiger partial charge on any atom is -0.489 e. The number of aryl methyl sites for hydroxylation is 1. The third kappa shape index (κ3) is 4.67. The third-order valence-corrected chi connectivity index (χ3v) is 4.32. The molecule has 0 saturated carbocycles. The summed E-state index contributed by atoms with van der Waals surface area (Å²) in [6, 6.07) is 12.5. The smallest absolute Gasteiger partial charge is 0.338 e. The molecule has 1 aromatic heterocycles. The molecule has 0 bridgehead atoms. The molecule has 0 amide bonds. The van der Waals surface area contributed by atoms with E-state index in [1.54, 1.807) is 30.3 Å². The van der Waals surface area contributed by atoms with Crippen LogP contribution in [0.5, 0.6) is 5.75 Å². The Morgan fingerprint density at radius 2 is 2.04 bits per heavy atom. The molecule has 3 rings (SSSR count). The van der Waals surface area contributed by atoms with Gasteiger partial charge in [-0.1, -0.05) is 52.6 Å². The van der Waals surface area contributed by atoms with E-state index in [1.807, 2.05) is 18.2 Å². The maximum atomic E-state index is 11.1. The molecular formula is C19H14Cl2N2O4. The maximum absolute atomic E-state index is 11.1. The van der Waals surface area contributed by atoms with Gasteiger partial charge in [0, 0.05) is 15.6 Å². The van der Waals surface area contributed by atoms with Gasteiger partial charge in [0.15, 0.2) is 5.69 Å². The topological polar surface area (TPSA) is 78.4 Å². The minimum atomic E-state index is -0.513.